The minimum absolute atomic E-state index is 0. The fourth-order valence-electron chi connectivity index (χ4n) is 2.53. The number of nitrogens with two attached hydrogens (primary N) is 1. The summed E-state index contributed by atoms with van der Waals surface area (Å²) in [6.07, 6.45) is 0. The van der Waals surface area contributed by atoms with Crippen molar-refractivity contribution < 1.29 is 29.3 Å². The zero-order valence-electron chi connectivity index (χ0n) is 11.0. The van der Waals surface area contributed by atoms with Crippen molar-refractivity contribution in [1.82, 2.24) is 0 Å². The van der Waals surface area contributed by atoms with Crippen LogP contribution in [-0.4, -0.2) is 0 Å². The molecule has 1 aliphatic heterocycles. The van der Waals surface area contributed by atoms with E-state index >= 15 is 0 Å². The quantitative estimate of drug-likeness (QED) is 0.505. The molecule has 2 N–H and O–H groups in total. The number of fused-ring (bicyclic) bond motifs is 1. The number of rotatable bonds is 0. The fraction of sp³-hybridized carbons (Fsp3) is 0.429. The summed E-state index contributed by atoms with van der Waals surface area (Å²) < 4.78 is 0. The maximum Gasteiger partial charge on any atom is 0.145 e. The van der Waals surface area contributed by atoms with Gasteiger partial charge in [0.2, 0.25) is 0 Å². The second kappa shape index (κ2) is 4.49. The van der Waals surface area contributed by atoms with Gasteiger partial charge < -0.3 is 24.0 Å². The molecule has 0 saturated carbocycles. The van der Waals surface area contributed by atoms with Crippen LogP contribution in [0.4, 0.5) is 5.69 Å². The third-order valence-corrected chi connectivity index (χ3v) is 4.06. The van der Waals surface area contributed by atoms with Crippen LogP contribution in [0.3, 0.4) is 0 Å². The monoisotopic (exact) mass is 329 g/mol. The predicted molar refractivity (Wildman–Crippen MR) is 65.2 cm³/mol. The summed E-state index contributed by atoms with van der Waals surface area (Å²) in [5, 5.41) is 2.33. The number of allylic oxidation sites excluding steroid dienone is 2. The molecule has 0 spiro atoms. The molecule has 2 heteroatoms. The van der Waals surface area contributed by atoms with E-state index in [0.717, 1.165) is 0 Å². The molecule has 16 heavy (non-hydrogen) atoms. The maximum atomic E-state index is 2.33. The highest BCUT2D eigenvalue weighted by Crippen LogP contribution is 2.36. The summed E-state index contributed by atoms with van der Waals surface area (Å²) >= 11 is 0. The summed E-state index contributed by atoms with van der Waals surface area (Å²) in [5.41, 5.74) is 11.6. The second-order valence-corrected chi connectivity index (χ2v) is 4.74. The topological polar surface area (TPSA) is 16.6 Å². The van der Waals surface area contributed by atoms with Gasteiger partial charge in [0.25, 0.3) is 0 Å². The van der Waals surface area contributed by atoms with Gasteiger partial charge in [-0.05, 0) is 51.3 Å². The van der Waals surface area contributed by atoms with E-state index in [1.807, 2.05) is 0 Å². The molecule has 0 radical (unpaired) electrons. The molecule has 0 aliphatic carbocycles. The van der Waals surface area contributed by atoms with Gasteiger partial charge in [-0.1, -0.05) is 0 Å². The zero-order chi connectivity index (χ0) is 11.3. The normalized spacial score (nSPS) is 13.9. The number of benzene rings is 1. The van der Waals surface area contributed by atoms with E-state index in [-0.39, 0.29) is 24.0 Å². The van der Waals surface area contributed by atoms with Gasteiger partial charge in [-0.2, -0.15) is 0 Å². The Bertz CT molecular complexity index is 484. The minimum atomic E-state index is 0. The highest BCUT2D eigenvalue weighted by atomic mass is 127. The molecule has 0 unspecified atom stereocenters. The van der Waals surface area contributed by atoms with Gasteiger partial charge in [-0.15, -0.1) is 0 Å². The van der Waals surface area contributed by atoms with Crippen LogP contribution in [0.25, 0.3) is 5.57 Å². The molecule has 0 bridgehead atoms. The van der Waals surface area contributed by atoms with E-state index in [0.29, 0.717) is 0 Å². The highest BCUT2D eigenvalue weighted by molar-refractivity contribution is 5.81. The largest absolute Gasteiger partial charge is 1.00 e. The molecule has 1 aliphatic rings. The van der Waals surface area contributed by atoms with Crippen molar-refractivity contribution in [3.8, 4) is 0 Å². The van der Waals surface area contributed by atoms with Crippen molar-refractivity contribution in [2.75, 3.05) is 0 Å². The number of hydrogen-bond donors (Lipinski definition) is 1. The Labute approximate surface area is 115 Å². The lowest BCUT2D eigenvalue weighted by molar-refractivity contribution is -0.512. The number of hydrogen-bond acceptors (Lipinski definition) is 0. The standard InChI is InChI=1S/C14H19N.HI/c1-7-8(2)10(4)14-13(9(7)3)11(5)12(6)15-14;/h15H,1-6H3;1H. The molecule has 0 atom stereocenters. The van der Waals surface area contributed by atoms with Crippen molar-refractivity contribution in [2.24, 2.45) is 0 Å². The van der Waals surface area contributed by atoms with Gasteiger partial charge in [-0.3, -0.25) is 5.32 Å². The molecule has 1 heterocycles. The summed E-state index contributed by atoms with van der Waals surface area (Å²) in [4.78, 5) is 0. The first kappa shape index (κ1) is 13.7. The zero-order valence-corrected chi connectivity index (χ0v) is 13.1. The highest BCUT2D eigenvalue weighted by Gasteiger charge is 2.26. The van der Waals surface area contributed by atoms with Gasteiger partial charge >= 0.3 is 0 Å². The van der Waals surface area contributed by atoms with Gasteiger partial charge in [0.05, 0.1) is 0 Å². The molecule has 1 aromatic carbocycles. The van der Waals surface area contributed by atoms with Gasteiger partial charge in [0.1, 0.15) is 11.4 Å². The number of halogens is 1. The average molecular weight is 329 g/mol. The second-order valence-electron chi connectivity index (χ2n) is 4.74. The average Bonchev–Trinajstić information content (AvgIpc) is 2.50. The Morgan fingerprint density at radius 3 is 1.75 bits per heavy atom. The first-order valence-corrected chi connectivity index (χ1v) is 5.58. The van der Waals surface area contributed by atoms with Crippen LogP contribution < -0.4 is 29.3 Å². The first-order valence-electron chi connectivity index (χ1n) is 5.58. The molecule has 0 fully saturated rings. The van der Waals surface area contributed by atoms with Crippen LogP contribution in [0.1, 0.15) is 41.7 Å². The molecular formula is C14H20IN. The molecule has 1 aromatic rings. The van der Waals surface area contributed by atoms with Gasteiger partial charge in [0.15, 0.2) is 0 Å². The van der Waals surface area contributed by atoms with Gasteiger partial charge in [0, 0.05) is 23.6 Å². The lowest BCUT2D eigenvalue weighted by atomic mass is 9.90. The summed E-state index contributed by atoms with van der Waals surface area (Å²) in [5.74, 6) is 0. The van der Waals surface area contributed by atoms with E-state index in [1.165, 1.54) is 44.8 Å². The molecule has 0 amide bonds. The van der Waals surface area contributed by atoms with Crippen LogP contribution in [0.5, 0.6) is 0 Å². The first-order chi connectivity index (χ1) is 6.95. The van der Waals surface area contributed by atoms with E-state index in [9.17, 15) is 0 Å². The van der Waals surface area contributed by atoms with Crippen molar-refractivity contribution >= 4 is 11.3 Å². The van der Waals surface area contributed by atoms with Crippen LogP contribution in [0.2, 0.25) is 0 Å². The van der Waals surface area contributed by atoms with E-state index in [1.54, 1.807) is 0 Å². The third kappa shape index (κ3) is 1.72. The van der Waals surface area contributed by atoms with Crippen molar-refractivity contribution in [2.45, 2.75) is 41.5 Å². The van der Waals surface area contributed by atoms with E-state index in [4.69, 9.17) is 0 Å². The molecular weight excluding hydrogens is 309 g/mol. The molecule has 2 rings (SSSR count). The molecule has 88 valence electrons. The number of quaternary nitrogens is 1. The SMILES string of the molecule is CC1=C(C)c2c(C)c(C)c(C)c(C)c2[NH2+]1.[I-]. The van der Waals surface area contributed by atoms with E-state index < -0.39 is 0 Å². The van der Waals surface area contributed by atoms with Crippen LogP contribution in [-0.2, 0) is 0 Å². The lowest BCUT2D eigenvalue weighted by Gasteiger charge is -2.13. The summed E-state index contributed by atoms with van der Waals surface area (Å²) in [6, 6.07) is 0. The Morgan fingerprint density at radius 1 is 0.688 bits per heavy atom. The van der Waals surface area contributed by atoms with Crippen LogP contribution >= 0.6 is 0 Å². The van der Waals surface area contributed by atoms with Crippen molar-refractivity contribution in [3.05, 3.63) is 33.5 Å². The Balaban J connectivity index is 0.00000128. The Hall–Kier alpha value is -0.350. The Morgan fingerprint density at radius 2 is 1.19 bits per heavy atom. The van der Waals surface area contributed by atoms with Crippen LogP contribution in [0, 0.1) is 27.7 Å². The van der Waals surface area contributed by atoms with Gasteiger partial charge in [-0.25, -0.2) is 0 Å². The minimum Gasteiger partial charge on any atom is -1.00 e. The van der Waals surface area contributed by atoms with Crippen molar-refractivity contribution in [1.29, 1.82) is 0 Å². The smallest absolute Gasteiger partial charge is 0.145 e. The summed E-state index contributed by atoms with van der Waals surface area (Å²) in [6.45, 7) is 13.4. The van der Waals surface area contributed by atoms with Crippen LogP contribution in [0.15, 0.2) is 5.70 Å². The maximum absolute atomic E-state index is 2.33. The summed E-state index contributed by atoms with van der Waals surface area (Å²) in [7, 11) is 0. The molecule has 0 aromatic heterocycles. The lowest BCUT2D eigenvalue weighted by Crippen LogP contribution is -3.00. The fourth-order valence-corrected chi connectivity index (χ4v) is 2.53. The third-order valence-electron chi connectivity index (χ3n) is 4.06. The molecule has 1 nitrogen and oxygen atoms in total. The molecule has 0 saturated heterocycles. The Kier molecular flexibility index (Phi) is 3.85. The van der Waals surface area contributed by atoms with Crippen molar-refractivity contribution in [3.63, 3.8) is 0 Å². The predicted octanol–water partition coefficient (Wildman–Crippen LogP) is -0.116. The van der Waals surface area contributed by atoms with E-state index in [2.05, 4.69) is 46.9 Å².